The highest BCUT2D eigenvalue weighted by molar-refractivity contribution is 7.91. The van der Waals surface area contributed by atoms with Gasteiger partial charge in [0, 0.05) is 17.1 Å². The summed E-state index contributed by atoms with van der Waals surface area (Å²) in [5.41, 5.74) is 7.11. The third-order valence-electron chi connectivity index (χ3n) is 3.93. The molecule has 2 unspecified atom stereocenters. The van der Waals surface area contributed by atoms with Gasteiger partial charge in [0.15, 0.2) is 9.84 Å². The fourth-order valence-electron chi connectivity index (χ4n) is 2.58. The molecule has 1 aliphatic rings. The van der Waals surface area contributed by atoms with Crippen LogP contribution in [0.3, 0.4) is 0 Å². The number of sulfone groups is 1. The highest BCUT2D eigenvalue weighted by atomic mass is 35.5. The molecular weight excluding hydrogens is 296 g/mol. The van der Waals surface area contributed by atoms with E-state index in [2.05, 4.69) is 4.90 Å². The molecule has 0 aromatic heterocycles. The highest BCUT2D eigenvalue weighted by Gasteiger charge is 2.30. The average Bonchev–Trinajstić information content (AvgIpc) is 2.76. The summed E-state index contributed by atoms with van der Waals surface area (Å²) in [6, 6.07) is 7.59. The molecule has 0 spiro atoms. The maximum atomic E-state index is 11.5. The van der Waals surface area contributed by atoms with E-state index >= 15 is 0 Å². The number of rotatable bonds is 5. The summed E-state index contributed by atoms with van der Waals surface area (Å²) in [7, 11) is -0.869. The van der Waals surface area contributed by atoms with Crippen molar-refractivity contribution in [3.63, 3.8) is 0 Å². The Morgan fingerprint density at radius 1 is 1.45 bits per heavy atom. The summed E-state index contributed by atoms with van der Waals surface area (Å²) in [6.45, 7) is 0.770. The maximum absolute atomic E-state index is 11.5. The van der Waals surface area contributed by atoms with Gasteiger partial charge in [-0.15, -0.1) is 0 Å². The Morgan fingerprint density at radius 2 is 2.15 bits per heavy atom. The standard InChI is InChI=1S/C14H21ClN2O2S/c1-17(11-7-9-20(18,19)10-11)8-6-14(16)12-4-2-3-5-13(12)15/h2-5,11,14H,6-10,16H2,1H3. The lowest BCUT2D eigenvalue weighted by Gasteiger charge is -2.24. The van der Waals surface area contributed by atoms with Gasteiger partial charge in [-0.2, -0.15) is 0 Å². The van der Waals surface area contributed by atoms with E-state index in [0.29, 0.717) is 10.8 Å². The molecular formula is C14H21ClN2O2S. The van der Waals surface area contributed by atoms with Gasteiger partial charge in [-0.1, -0.05) is 29.8 Å². The average molecular weight is 317 g/mol. The molecule has 1 aromatic carbocycles. The number of nitrogens with zero attached hydrogens (tertiary/aromatic N) is 1. The van der Waals surface area contributed by atoms with Gasteiger partial charge in [0.25, 0.3) is 0 Å². The number of hydrogen-bond acceptors (Lipinski definition) is 4. The first-order valence-electron chi connectivity index (χ1n) is 6.80. The number of benzene rings is 1. The second kappa shape index (κ2) is 6.43. The fraction of sp³-hybridized carbons (Fsp3) is 0.571. The van der Waals surface area contributed by atoms with Gasteiger partial charge in [0.1, 0.15) is 0 Å². The molecule has 20 heavy (non-hydrogen) atoms. The molecule has 0 saturated carbocycles. The van der Waals surface area contributed by atoms with Crippen molar-refractivity contribution in [2.75, 3.05) is 25.1 Å². The number of nitrogens with two attached hydrogens (primary N) is 1. The van der Waals surface area contributed by atoms with Crippen LogP contribution in [0.15, 0.2) is 24.3 Å². The summed E-state index contributed by atoms with van der Waals surface area (Å²) >= 11 is 6.13. The van der Waals surface area contributed by atoms with Gasteiger partial charge in [-0.3, -0.25) is 0 Å². The molecule has 6 heteroatoms. The van der Waals surface area contributed by atoms with Crippen molar-refractivity contribution in [2.24, 2.45) is 5.73 Å². The van der Waals surface area contributed by atoms with E-state index < -0.39 is 9.84 Å². The van der Waals surface area contributed by atoms with E-state index in [1.54, 1.807) is 0 Å². The van der Waals surface area contributed by atoms with Crippen molar-refractivity contribution in [1.82, 2.24) is 4.90 Å². The normalized spacial score (nSPS) is 23.1. The van der Waals surface area contributed by atoms with Crippen molar-refractivity contribution in [3.05, 3.63) is 34.9 Å². The number of hydrogen-bond donors (Lipinski definition) is 1. The first kappa shape index (κ1) is 15.8. The van der Waals surface area contributed by atoms with Crippen LogP contribution in [0.1, 0.15) is 24.4 Å². The molecule has 2 N–H and O–H groups in total. The second-order valence-electron chi connectivity index (χ2n) is 5.45. The molecule has 112 valence electrons. The van der Waals surface area contributed by atoms with Crippen molar-refractivity contribution in [1.29, 1.82) is 0 Å². The summed E-state index contributed by atoms with van der Waals surface area (Å²) < 4.78 is 23.0. The SMILES string of the molecule is CN(CCC(N)c1ccccc1Cl)C1CCS(=O)(=O)C1. The molecule has 0 radical (unpaired) electrons. The van der Waals surface area contributed by atoms with Crippen LogP contribution in [0.2, 0.25) is 5.02 Å². The Hall–Kier alpha value is -0.620. The van der Waals surface area contributed by atoms with E-state index in [1.165, 1.54) is 0 Å². The van der Waals surface area contributed by atoms with Crippen LogP contribution in [0.4, 0.5) is 0 Å². The largest absolute Gasteiger partial charge is 0.324 e. The predicted molar refractivity (Wildman–Crippen MR) is 82.7 cm³/mol. The molecule has 4 nitrogen and oxygen atoms in total. The van der Waals surface area contributed by atoms with Crippen molar-refractivity contribution >= 4 is 21.4 Å². The minimum Gasteiger partial charge on any atom is -0.324 e. The highest BCUT2D eigenvalue weighted by Crippen LogP contribution is 2.24. The lowest BCUT2D eigenvalue weighted by atomic mass is 10.0. The number of halogens is 1. The Balaban J connectivity index is 1.88. The monoisotopic (exact) mass is 316 g/mol. The Labute approximate surface area is 125 Å². The van der Waals surface area contributed by atoms with Crippen LogP contribution in [0, 0.1) is 0 Å². The predicted octanol–water partition coefficient (Wildman–Crippen LogP) is 1.85. The van der Waals surface area contributed by atoms with Crippen LogP contribution in [0.25, 0.3) is 0 Å². The summed E-state index contributed by atoms with van der Waals surface area (Å²) in [6.07, 6.45) is 1.48. The van der Waals surface area contributed by atoms with Crippen LogP contribution in [0.5, 0.6) is 0 Å². The van der Waals surface area contributed by atoms with E-state index in [0.717, 1.165) is 24.9 Å². The fourth-order valence-corrected chi connectivity index (χ4v) is 4.66. The molecule has 1 aliphatic heterocycles. The zero-order valence-corrected chi connectivity index (χ0v) is 13.2. The van der Waals surface area contributed by atoms with Crippen LogP contribution in [-0.2, 0) is 9.84 Å². The lowest BCUT2D eigenvalue weighted by molar-refractivity contribution is 0.252. The quantitative estimate of drug-likeness (QED) is 0.900. The van der Waals surface area contributed by atoms with Crippen LogP contribution < -0.4 is 5.73 Å². The van der Waals surface area contributed by atoms with E-state index in [-0.39, 0.29) is 17.8 Å². The third-order valence-corrected chi connectivity index (χ3v) is 6.02. The zero-order chi connectivity index (χ0) is 14.8. The molecule has 1 aromatic rings. The summed E-state index contributed by atoms with van der Waals surface area (Å²) in [5.74, 6) is 0.573. The lowest BCUT2D eigenvalue weighted by Crippen LogP contribution is -2.34. The molecule has 0 aliphatic carbocycles. The molecule has 1 heterocycles. The topological polar surface area (TPSA) is 63.4 Å². The van der Waals surface area contributed by atoms with Gasteiger partial charge >= 0.3 is 0 Å². The van der Waals surface area contributed by atoms with E-state index in [4.69, 9.17) is 17.3 Å². The Bertz CT molecular complexity index is 562. The summed E-state index contributed by atoms with van der Waals surface area (Å²) in [4.78, 5) is 2.10. The molecule has 2 rings (SSSR count). The van der Waals surface area contributed by atoms with Gasteiger partial charge in [0.05, 0.1) is 11.5 Å². The maximum Gasteiger partial charge on any atom is 0.151 e. The Kier molecular flexibility index (Phi) is 5.07. The molecule has 1 saturated heterocycles. The zero-order valence-electron chi connectivity index (χ0n) is 11.6. The van der Waals surface area contributed by atoms with Gasteiger partial charge < -0.3 is 10.6 Å². The molecule has 2 atom stereocenters. The molecule has 1 fully saturated rings. The minimum absolute atomic E-state index is 0.121. The van der Waals surface area contributed by atoms with E-state index in [9.17, 15) is 8.42 Å². The second-order valence-corrected chi connectivity index (χ2v) is 8.09. The van der Waals surface area contributed by atoms with Crippen molar-refractivity contribution < 1.29 is 8.42 Å². The first-order valence-corrected chi connectivity index (χ1v) is 8.99. The van der Waals surface area contributed by atoms with Crippen molar-refractivity contribution in [3.8, 4) is 0 Å². The molecule has 0 amide bonds. The minimum atomic E-state index is -2.83. The summed E-state index contributed by atoms with van der Waals surface area (Å²) in [5, 5.41) is 0.686. The Morgan fingerprint density at radius 3 is 2.75 bits per heavy atom. The smallest absolute Gasteiger partial charge is 0.151 e. The van der Waals surface area contributed by atoms with Gasteiger partial charge in [0.2, 0.25) is 0 Å². The van der Waals surface area contributed by atoms with Crippen LogP contribution >= 0.6 is 11.6 Å². The third kappa shape index (κ3) is 3.95. The van der Waals surface area contributed by atoms with Gasteiger partial charge in [-0.25, -0.2) is 8.42 Å². The van der Waals surface area contributed by atoms with E-state index in [1.807, 2.05) is 31.3 Å². The van der Waals surface area contributed by atoms with Gasteiger partial charge in [-0.05, 0) is 38.1 Å². The van der Waals surface area contributed by atoms with Crippen LogP contribution in [-0.4, -0.2) is 44.5 Å². The molecule has 0 bridgehead atoms. The van der Waals surface area contributed by atoms with Crippen molar-refractivity contribution in [2.45, 2.75) is 24.9 Å². The first-order chi connectivity index (χ1) is 9.39.